The Hall–Kier alpha value is -2.38. The summed E-state index contributed by atoms with van der Waals surface area (Å²) in [5.41, 5.74) is -0.699. The van der Waals surface area contributed by atoms with Gasteiger partial charge in [0, 0.05) is 6.20 Å². The normalized spacial score (nSPS) is 11.6. The molecule has 1 N–H and O–H groups in total. The third kappa shape index (κ3) is 2.56. The van der Waals surface area contributed by atoms with Crippen LogP contribution in [0.5, 0.6) is 0 Å². The average molecular weight is 271 g/mol. The van der Waals surface area contributed by atoms with Gasteiger partial charge < -0.3 is 5.11 Å². The Labute approximate surface area is 105 Å². The molecule has 2 heterocycles. The summed E-state index contributed by atoms with van der Waals surface area (Å²) >= 11 is 0. The van der Waals surface area contributed by atoms with Crippen molar-refractivity contribution in [3.63, 3.8) is 0 Å². The number of carboxylic acids is 1. The molecule has 0 atom stereocenters. The lowest BCUT2D eigenvalue weighted by Gasteiger charge is -2.04. The number of aryl methyl sites for hydroxylation is 1. The van der Waals surface area contributed by atoms with Crippen molar-refractivity contribution >= 4 is 5.97 Å². The van der Waals surface area contributed by atoms with Crippen LogP contribution in [-0.4, -0.2) is 25.8 Å². The number of carbonyl (C=O) groups is 1. The maximum Gasteiger partial charge on any atom is 0.419 e. The summed E-state index contributed by atoms with van der Waals surface area (Å²) in [6, 6.07) is 2.57. The quantitative estimate of drug-likeness (QED) is 0.909. The summed E-state index contributed by atoms with van der Waals surface area (Å²) in [5.74, 6) is -1.02. The Kier molecular flexibility index (Phi) is 3.01. The van der Waals surface area contributed by atoms with Gasteiger partial charge in [-0.2, -0.15) is 18.3 Å². The lowest BCUT2D eigenvalue weighted by molar-refractivity contribution is -0.137. The Balaban J connectivity index is 2.40. The molecule has 100 valence electrons. The maximum atomic E-state index is 12.4. The molecule has 2 rings (SSSR count). The number of alkyl halides is 3. The lowest BCUT2D eigenvalue weighted by atomic mass is 10.2. The van der Waals surface area contributed by atoms with Crippen molar-refractivity contribution in [2.45, 2.75) is 13.1 Å². The molecule has 0 aliphatic heterocycles. The van der Waals surface area contributed by atoms with Crippen molar-refractivity contribution in [3.05, 3.63) is 41.3 Å². The fourth-order valence-electron chi connectivity index (χ4n) is 1.50. The van der Waals surface area contributed by atoms with E-state index in [0.29, 0.717) is 6.20 Å². The van der Waals surface area contributed by atoms with Crippen molar-refractivity contribution < 1.29 is 23.1 Å². The molecule has 0 saturated carbocycles. The van der Waals surface area contributed by atoms with Crippen LogP contribution in [0.4, 0.5) is 13.2 Å². The predicted octanol–water partition coefficient (Wildman–Crippen LogP) is 2.29. The van der Waals surface area contributed by atoms with E-state index in [4.69, 9.17) is 5.11 Å². The van der Waals surface area contributed by atoms with Crippen LogP contribution in [-0.2, 0) is 6.18 Å². The first-order valence-electron chi connectivity index (χ1n) is 5.12. The second-order valence-corrected chi connectivity index (χ2v) is 3.78. The van der Waals surface area contributed by atoms with Gasteiger partial charge >= 0.3 is 12.1 Å². The van der Waals surface area contributed by atoms with E-state index >= 15 is 0 Å². The second kappa shape index (κ2) is 4.38. The number of halogens is 3. The number of hydrogen-bond donors (Lipinski definition) is 1. The molecule has 0 aromatic carbocycles. The highest BCUT2D eigenvalue weighted by molar-refractivity contribution is 5.88. The minimum Gasteiger partial charge on any atom is -0.478 e. The summed E-state index contributed by atoms with van der Waals surface area (Å²) < 4.78 is 38.2. The standard InChI is InChI=1S/C11H8F3N3O2/c1-6-8(10(18)19)2-3-9(16-6)17-5-7(4-15-17)11(12,13)14/h2-5H,1H3,(H,18,19). The Morgan fingerprint density at radius 1 is 1.37 bits per heavy atom. The summed E-state index contributed by atoms with van der Waals surface area (Å²) in [4.78, 5) is 14.7. The maximum absolute atomic E-state index is 12.4. The molecule has 8 heteroatoms. The molecule has 19 heavy (non-hydrogen) atoms. The summed E-state index contributed by atoms with van der Waals surface area (Å²) in [5, 5.41) is 12.4. The minimum absolute atomic E-state index is 0.00745. The Morgan fingerprint density at radius 3 is 2.53 bits per heavy atom. The number of aromatic carboxylic acids is 1. The Morgan fingerprint density at radius 2 is 2.05 bits per heavy atom. The van der Waals surface area contributed by atoms with Crippen LogP contribution in [0.1, 0.15) is 21.6 Å². The molecule has 0 bridgehead atoms. The van der Waals surface area contributed by atoms with Crippen molar-refractivity contribution in [1.82, 2.24) is 14.8 Å². The molecule has 0 aliphatic rings. The fraction of sp³-hybridized carbons (Fsp3) is 0.182. The number of hydrogen-bond acceptors (Lipinski definition) is 3. The number of carboxylic acid groups (broad SMARTS) is 1. The van der Waals surface area contributed by atoms with E-state index in [0.717, 1.165) is 10.9 Å². The number of nitrogens with zero attached hydrogens (tertiary/aromatic N) is 3. The number of aromatic nitrogens is 3. The molecule has 0 fully saturated rings. The van der Waals surface area contributed by atoms with Crippen LogP contribution >= 0.6 is 0 Å². The van der Waals surface area contributed by atoms with Crippen LogP contribution < -0.4 is 0 Å². The molecule has 0 aliphatic carbocycles. The third-order valence-electron chi connectivity index (χ3n) is 2.45. The molecule has 5 nitrogen and oxygen atoms in total. The molecule has 0 spiro atoms. The van der Waals surface area contributed by atoms with Gasteiger partial charge in [0.15, 0.2) is 5.82 Å². The lowest BCUT2D eigenvalue weighted by Crippen LogP contribution is -2.06. The summed E-state index contributed by atoms with van der Waals surface area (Å²) in [7, 11) is 0. The van der Waals surface area contributed by atoms with Crippen LogP contribution in [0.3, 0.4) is 0 Å². The van der Waals surface area contributed by atoms with Gasteiger partial charge in [-0.15, -0.1) is 0 Å². The van der Waals surface area contributed by atoms with Crippen LogP contribution in [0, 0.1) is 6.92 Å². The van der Waals surface area contributed by atoms with Gasteiger partial charge in [-0.05, 0) is 19.1 Å². The van der Waals surface area contributed by atoms with Crippen molar-refractivity contribution in [2.24, 2.45) is 0 Å². The fourth-order valence-corrected chi connectivity index (χ4v) is 1.50. The monoisotopic (exact) mass is 271 g/mol. The van der Waals surface area contributed by atoms with Gasteiger partial charge in [0.05, 0.1) is 23.0 Å². The van der Waals surface area contributed by atoms with E-state index in [1.807, 2.05) is 0 Å². The van der Waals surface area contributed by atoms with Crippen molar-refractivity contribution in [3.8, 4) is 5.82 Å². The van der Waals surface area contributed by atoms with Gasteiger partial charge in [-0.1, -0.05) is 0 Å². The molecule has 0 unspecified atom stereocenters. The molecule has 0 radical (unpaired) electrons. The highest BCUT2D eigenvalue weighted by atomic mass is 19.4. The van der Waals surface area contributed by atoms with E-state index in [1.165, 1.54) is 19.1 Å². The largest absolute Gasteiger partial charge is 0.478 e. The first kappa shape index (κ1) is 13.1. The van der Waals surface area contributed by atoms with Gasteiger partial charge in [0.25, 0.3) is 0 Å². The zero-order chi connectivity index (χ0) is 14.2. The van der Waals surface area contributed by atoms with Gasteiger partial charge in [-0.25, -0.2) is 14.5 Å². The van der Waals surface area contributed by atoms with Gasteiger partial charge in [0.2, 0.25) is 0 Å². The van der Waals surface area contributed by atoms with Crippen molar-refractivity contribution in [1.29, 1.82) is 0 Å². The van der Waals surface area contributed by atoms with Crippen LogP contribution in [0.2, 0.25) is 0 Å². The Bertz CT molecular complexity index is 634. The third-order valence-corrected chi connectivity index (χ3v) is 2.45. The van der Waals surface area contributed by atoms with Crippen LogP contribution in [0.25, 0.3) is 5.82 Å². The number of pyridine rings is 1. The second-order valence-electron chi connectivity index (χ2n) is 3.78. The average Bonchev–Trinajstić information content (AvgIpc) is 2.76. The van der Waals surface area contributed by atoms with Crippen LogP contribution in [0.15, 0.2) is 24.5 Å². The van der Waals surface area contributed by atoms with E-state index in [2.05, 4.69) is 10.1 Å². The van der Waals surface area contributed by atoms with Gasteiger partial charge in [0.1, 0.15) is 0 Å². The summed E-state index contributed by atoms with van der Waals surface area (Å²) in [6.45, 7) is 1.46. The number of rotatable bonds is 2. The topological polar surface area (TPSA) is 68.0 Å². The SMILES string of the molecule is Cc1nc(-n2cc(C(F)(F)F)cn2)ccc1C(=O)O. The van der Waals surface area contributed by atoms with E-state index in [1.54, 1.807) is 0 Å². The van der Waals surface area contributed by atoms with E-state index in [-0.39, 0.29) is 17.1 Å². The first-order valence-corrected chi connectivity index (χ1v) is 5.12. The van der Waals surface area contributed by atoms with E-state index in [9.17, 15) is 18.0 Å². The van der Waals surface area contributed by atoms with Crippen molar-refractivity contribution in [2.75, 3.05) is 0 Å². The highest BCUT2D eigenvalue weighted by Crippen LogP contribution is 2.28. The smallest absolute Gasteiger partial charge is 0.419 e. The minimum atomic E-state index is -4.48. The molecular weight excluding hydrogens is 263 g/mol. The first-order chi connectivity index (χ1) is 8.79. The zero-order valence-corrected chi connectivity index (χ0v) is 9.64. The molecule has 0 amide bonds. The van der Waals surface area contributed by atoms with Gasteiger partial charge in [-0.3, -0.25) is 0 Å². The molecule has 0 saturated heterocycles. The predicted molar refractivity (Wildman–Crippen MR) is 58.1 cm³/mol. The zero-order valence-electron chi connectivity index (χ0n) is 9.64. The molecular formula is C11H8F3N3O2. The highest BCUT2D eigenvalue weighted by Gasteiger charge is 2.32. The summed E-state index contributed by atoms with van der Waals surface area (Å²) in [6.07, 6.45) is -3.00. The van der Waals surface area contributed by atoms with E-state index < -0.39 is 17.7 Å². The molecule has 2 aromatic rings. The molecule has 2 aromatic heterocycles.